The zero-order valence-corrected chi connectivity index (χ0v) is 8.12. The molecule has 0 spiro atoms. The van der Waals surface area contributed by atoms with E-state index in [9.17, 15) is 10.1 Å². The summed E-state index contributed by atoms with van der Waals surface area (Å²) in [6.45, 7) is 1.98. The van der Waals surface area contributed by atoms with Crippen LogP contribution in [0.2, 0.25) is 0 Å². The molecule has 15 heavy (non-hydrogen) atoms. The largest absolute Gasteiger partial charge is 0.390 e. The maximum Gasteiger partial charge on any atom is 0.390 e. The van der Waals surface area contributed by atoms with E-state index in [0.29, 0.717) is 0 Å². The second-order valence-electron chi connectivity index (χ2n) is 3.21. The van der Waals surface area contributed by atoms with E-state index in [-0.39, 0.29) is 5.82 Å². The number of hydrogen-bond acceptors (Lipinski definition) is 3. The van der Waals surface area contributed by atoms with Crippen molar-refractivity contribution in [1.29, 1.82) is 0 Å². The lowest BCUT2D eigenvalue weighted by Gasteiger charge is -1.96. The third-order valence-electron chi connectivity index (χ3n) is 2.06. The minimum Gasteiger partial charge on any atom is -0.358 e. The topological polar surface area (TPSA) is 61.0 Å². The Labute approximate surface area is 86.1 Å². The highest BCUT2D eigenvalue weighted by molar-refractivity contribution is 5.34. The molecule has 0 radical (unpaired) electrons. The standard InChI is InChI=1S/C10H9N3O2/c1-8-2-4-9(5-3-8)12-7-6-10(11-12)13(14)15/h2-7H,1H3. The first-order valence-electron chi connectivity index (χ1n) is 4.44. The van der Waals surface area contributed by atoms with Crippen molar-refractivity contribution >= 4 is 5.82 Å². The fourth-order valence-corrected chi connectivity index (χ4v) is 1.25. The van der Waals surface area contributed by atoms with Crippen molar-refractivity contribution in [2.24, 2.45) is 0 Å². The Morgan fingerprint density at radius 3 is 2.47 bits per heavy atom. The molecule has 1 heterocycles. The number of hydrogen-bond donors (Lipinski definition) is 0. The first-order valence-corrected chi connectivity index (χ1v) is 4.44. The van der Waals surface area contributed by atoms with Crippen LogP contribution in [0.4, 0.5) is 5.82 Å². The number of aryl methyl sites for hydroxylation is 1. The molecule has 2 aromatic rings. The van der Waals surface area contributed by atoms with E-state index in [1.807, 2.05) is 31.2 Å². The lowest BCUT2D eigenvalue weighted by Crippen LogP contribution is -1.96. The van der Waals surface area contributed by atoms with Crippen LogP contribution in [0.3, 0.4) is 0 Å². The van der Waals surface area contributed by atoms with Crippen molar-refractivity contribution in [3.63, 3.8) is 0 Å². The molecule has 0 unspecified atom stereocenters. The average Bonchev–Trinajstić information content (AvgIpc) is 2.68. The highest BCUT2D eigenvalue weighted by atomic mass is 16.6. The highest BCUT2D eigenvalue weighted by Crippen LogP contribution is 2.12. The van der Waals surface area contributed by atoms with E-state index in [2.05, 4.69) is 5.10 Å². The van der Waals surface area contributed by atoms with Crippen molar-refractivity contribution in [1.82, 2.24) is 9.78 Å². The minimum atomic E-state index is -0.509. The molecule has 5 heteroatoms. The normalized spacial score (nSPS) is 10.2. The van der Waals surface area contributed by atoms with Gasteiger partial charge in [-0.05, 0) is 24.0 Å². The summed E-state index contributed by atoms with van der Waals surface area (Å²) in [6, 6.07) is 8.98. The molecular formula is C10H9N3O2. The molecule has 0 saturated carbocycles. The average molecular weight is 203 g/mol. The summed E-state index contributed by atoms with van der Waals surface area (Å²) >= 11 is 0. The van der Waals surface area contributed by atoms with Crippen LogP contribution in [-0.4, -0.2) is 14.7 Å². The van der Waals surface area contributed by atoms with Gasteiger partial charge in [-0.1, -0.05) is 17.7 Å². The van der Waals surface area contributed by atoms with Crippen LogP contribution in [0.5, 0.6) is 0 Å². The van der Waals surface area contributed by atoms with Crippen LogP contribution >= 0.6 is 0 Å². The Bertz CT molecular complexity index is 488. The fourth-order valence-electron chi connectivity index (χ4n) is 1.25. The van der Waals surface area contributed by atoms with Gasteiger partial charge in [-0.15, -0.1) is 4.68 Å². The van der Waals surface area contributed by atoms with Gasteiger partial charge in [0.1, 0.15) is 0 Å². The van der Waals surface area contributed by atoms with E-state index < -0.39 is 4.92 Å². The van der Waals surface area contributed by atoms with Crippen LogP contribution in [0.1, 0.15) is 5.56 Å². The Hall–Kier alpha value is -2.17. The van der Waals surface area contributed by atoms with Gasteiger partial charge in [-0.3, -0.25) is 0 Å². The highest BCUT2D eigenvalue weighted by Gasteiger charge is 2.11. The van der Waals surface area contributed by atoms with Gasteiger partial charge in [0.25, 0.3) is 0 Å². The predicted molar refractivity (Wildman–Crippen MR) is 55.0 cm³/mol. The quantitative estimate of drug-likeness (QED) is 0.554. The van der Waals surface area contributed by atoms with E-state index in [0.717, 1.165) is 11.3 Å². The van der Waals surface area contributed by atoms with Gasteiger partial charge < -0.3 is 10.1 Å². The van der Waals surface area contributed by atoms with Gasteiger partial charge in [0.2, 0.25) is 0 Å². The number of aromatic nitrogens is 2. The molecule has 1 aromatic heterocycles. The molecule has 0 aliphatic rings. The Morgan fingerprint density at radius 2 is 1.93 bits per heavy atom. The first kappa shape index (κ1) is 9.39. The molecule has 0 saturated heterocycles. The molecule has 2 rings (SSSR count). The maximum atomic E-state index is 10.4. The molecule has 0 fully saturated rings. The third-order valence-corrected chi connectivity index (χ3v) is 2.06. The van der Waals surface area contributed by atoms with Crippen LogP contribution in [0, 0.1) is 17.0 Å². The molecule has 0 N–H and O–H groups in total. The van der Waals surface area contributed by atoms with Crippen molar-refractivity contribution in [3.05, 3.63) is 52.2 Å². The summed E-state index contributed by atoms with van der Waals surface area (Å²) in [4.78, 5) is 9.92. The predicted octanol–water partition coefficient (Wildman–Crippen LogP) is 2.09. The lowest BCUT2D eigenvalue weighted by atomic mass is 10.2. The number of nitrogens with zero attached hydrogens (tertiary/aromatic N) is 3. The van der Waals surface area contributed by atoms with E-state index in [4.69, 9.17) is 0 Å². The third kappa shape index (κ3) is 1.85. The molecule has 5 nitrogen and oxygen atoms in total. The maximum absolute atomic E-state index is 10.4. The lowest BCUT2D eigenvalue weighted by molar-refractivity contribution is -0.389. The molecule has 0 aliphatic heterocycles. The Morgan fingerprint density at radius 1 is 1.27 bits per heavy atom. The van der Waals surface area contributed by atoms with E-state index in [1.165, 1.54) is 10.7 Å². The van der Waals surface area contributed by atoms with Gasteiger partial charge in [0, 0.05) is 0 Å². The van der Waals surface area contributed by atoms with Crippen LogP contribution in [0.25, 0.3) is 5.69 Å². The Balaban J connectivity index is 2.37. The zero-order valence-electron chi connectivity index (χ0n) is 8.12. The molecule has 0 bridgehead atoms. The molecule has 0 atom stereocenters. The molecule has 0 aliphatic carbocycles. The van der Waals surface area contributed by atoms with Crippen LogP contribution in [-0.2, 0) is 0 Å². The molecular weight excluding hydrogens is 194 g/mol. The minimum absolute atomic E-state index is 0.143. The van der Waals surface area contributed by atoms with E-state index >= 15 is 0 Å². The summed E-state index contributed by atoms with van der Waals surface area (Å²) in [5.74, 6) is -0.143. The SMILES string of the molecule is Cc1ccc(-n2ccc([N+](=O)[O-])n2)cc1. The van der Waals surface area contributed by atoms with Gasteiger partial charge in [-0.2, -0.15) is 0 Å². The van der Waals surface area contributed by atoms with E-state index in [1.54, 1.807) is 6.20 Å². The van der Waals surface area contributed by atoms with Crippen molar-refractivity contribution < 1.29 is 4.92 Å². The monoisotopic (exact) mass is 203 g/mol. The van der Waals surface area contributed by atoms with Gasteiger partial charge in [0.15, 0.2) is 0 Å². The zero-order chi connectivity index (χ0) is 10.8. The summed E-state index contributed by atoms with van der Waals surface area (Å²) in [6.07, 6.45) is 1.57. The van der Waals surface area contributed by atoms with Gasteiger partial charge in [-0.25, -0.2) is 0 Å². The molecule has 76 valence electrons. The number of nitro groups is 1. The second kappa shape index (κ2) is 3.53. The summed E-state index contributed by atoms with van der Waals surface area (Å²) in [5.41, 5.74) is 1.95. The van der Waals surface area contributed by atoms with Crippen molar-refractivity contribution in [2.75, 3.05) is 0 Å². The second-order valence-corrected chi connectivity index (χ2v) is 3.21. The number of benzene rings is 1. The van der Waals surface area contributed by atoms with Crippen LogP contribution in [0.15, 0.2) is 36.5 Å². The molecule has 0 amide bonds. The van der Waals surface area contributed by atoms with Gasteiger partial charge in [0.05, 0.1) is 23.0 Å². The van der Waals surface area contributed by atoms with Crippen LogP contribution < -0.4 is 0 Å². The summed E-state index contributed by atoms with van der Waals surface area (Å²) in [5, 5.41) is 14.3. The number of rotatable bonds is 2. The van der Waals surface area contributed by atoms with Gasteiger partial charge >= 0.3 is 5.82 Å². The summed E-state index contributed by atoms with van der Waals surface area (Å²) in [7, 11) is 0. The fraction of sp³-hybridized carbons (Fsp3) is 0.100. The molecule has 1 aromatic carbocycles. The first-order chi connectivity index (χ1) is 7.16. The smallest absolute Gasteiger partial charge is 0.358 e. The van der Waals surface area contributed by atoms with Crippen molar-refractivity contribution in [3.8, 4) is 5.69 Å². The van der Waals surface area contributed by atoms with Crippen molar-refractivity contribution in [2.45, 2.75) is 6.92 Å². The summed E-state index contributed by atoms with van der Waals surface area (Å²) < 4.78 is 1.48. The Kier molecular flexibility index (Phi) is 2.21.